The van der Waals surface area contributed by atoms with Gasteiger partial charge in [-0.3, -0.25) is 5.41 Å². The minimum Gasteiger partial charge on any atom is -0.383 e. The van der Waals surface area contributed by atoms with Crippen LogP contribution >= 0.6 is 0 Å². The molecule has 0 bridgehead atoms. The van der Waals surface area contributed by atoms with Gasteiger partial charge in [0, 0.05) is 6.42 Å². The molecule has 0 fully saturated rings. The summed E-state index contributed by atoms with van der Waals surface area (Å²) in [6, 6.07) is 5.19. The van der Waals surface area contributed by atoms with Gasteiger partial charge in [-0.2, -0.15) is 8.78 Å². The minimum absolute atomic E-state index is 0.146. The SMILES string of the molecule is N=C(N)C(F)(F)Cc1ccccc1F. The quantitative estimate of drug-likeness (QED) is 0.571. The molecule has 0 aliphatic heterocycles. The molecule has 0 saturated heterocycles. The van der Waals surface area contributed by atoms with Crippen LogP contribution in [0.3, 0.4) is 0 Å². The van der Waals surface area contributed by atoms with Gasteiger partial charge in [0.15, 0.2) is 5.84 Å². The van der Waals surface area contributed by atoms with Gasteiger partial charge in [0.25, 0.3) is 0 Å². The Morgan fingerprint density at radius 3 is 2.43 bits per heavy atom. The van der Waals surface area contributed by atoms with E-state index in [1.165, 1.54) is 18.2 Å². The van der Waals surface area contributed by atoms with Crippen LogP contribution in [0.15, 0.2) is 24.3 Å². The summed E-state index contributed by atoms with van der Waals surface area (Å²) in [6.07, 6.45) is -0.880. The maximum atomic E-state index is 12.9. The third-order valence-corrected chi connectivity index (χ3v) is 1.76. The van der Waals surface area contributed by atoms with Crippen molar-refractivity contribution in [2.45, 2.75) is 12.3 Å². The van der Waals surface area contributed by atoms with Crippen LogP contribution < -0.4 is 5.73 Å². The highest BCUT2D eigenvalue weighted by atomic mass is 19.3. The van der Waals surface area contributed by atoms with E-state index in [1.54, 1.807) is 0 Å². The smallest absolute Gasteiger partial charge is 0.307 e. The Balaban J connectivity index is 2.89. The number of rotatable bonds is 3. The second kappa shape index (κ2) is 3.69. The zero-order valence-electron chi connectivity index (χ0n) is 7.23. The van der Waals surface area contributed by atoms with Crippen LogP contribution in [0.5, 0.6) is 0 Å². The first-order chi connectivity index (χ1) is 6.43. The van der Waals surface area contributed by atoms with Gasteiger partial charge in [0.1, 0.15) is 5.82 Å². The van der Waals surface area contributed by atoms with Crippen LogP contribution in [0.2, 0.25) is 0 Å². The first-order valence-corrected chi connectivity index (χ1v) is 3.89. The van der Waals surface area contributed by atoms with Crippen molar-refractivity contribution in [1.82, 2.24) is 0 Å². The van der Waals surface area contributed by atoms with Crippen molar-refractivity contribution < 1.29 is 13.2 Å². The zero-order chi connectivity index (χ0) is 10.8. The second-order valence-electron chi connectivity index (χ2n) is 2.89. The molecule has 1 aromatic carbocycles. The molecule has 0 saturated carbocycles. The third kappa shape index (κ3) is 2.25. The summed E-state index contributed by atoms with van der Waals surface area (Å²) in [5, 5.41) is 6.62. The largest absolute Gasteiger partial charge is 0.383 e. The molecule has 3 N–H and O–H groups in total. The molecule has 0 atom stereocenters. The summed E-state index contributed by atoms with van der Waals surface area (Å²) < 4.78 is 38.7. The Labute approximate surface area is 79.0 Å². The van der Waals surface area contributed by atoms with Crippen molar-refractivity contribution in [2.24, 2.45) is 5.73 Å². The van der Waals surface area contributed by atoms with Crippen LogP contribution in [0, 0.1) is 11.2 Å². The molecule has 5 heteroatoms. The van der Waals surface area contributed by atoms with E-state index in [-0.39, 0.29) is 5.56 Å². The fourth-order valence-electron chi connectivity index (χ4n) is 0.976. The van der Waals surface area contributed by atoms with Gasteiger partial charge >= 0.3 is 5.92 Å². The first kappa shape index (κ1) is 10.6. The molecule has 0 radical (unpaired) electrons. The van der Waals surface area contributed by atoms with E-state index in [0.29, 0.717) is 0 Å². The molecule has 0 heterocycles. The van der Waals surface area contributed by atoms with E-state index in [1.807, 2.05) is 0 Å². The van der Waals surface area contributed by atoms with Crippen molar-refractivity contribution in [3.8, 4) is 0 Å². The van der Waals surface area contributed by atoms with E-state index >= 15 is 0 Å². The van der Waals surface area contributed by atoms with Gasteiger partial charge in [-0.25, -0.2) is 4.39 Å². The predicted molar refractivity (Wildman–Crippen MR) is 47.0 cm³/mol. The highest BCUT2D eigenvalue weighted by Crippen LogP contribution is 2.21. The second-order valence-corrected chi connectivity index (χ2v) is 2.89. The lowest BCUT2D eigenvalue weighted by Crippen LogP contribution is -2.37. The number of nitrogens with one attached hydrogen (secondary N) is 1. The molecule has 1 rings (SSSR count). The molecule has 0 amide bonds. The number of hydrogen-bond donors (Lipinski definition) is 2. The lowest BCUT2D eigenvalue weighted by Gasteiger charge is -2.14. The number of nitrogens with two attached hydrogens (primary N) is 1. The van der Waals surface area contributed by atoms with Gasteiger partial charge in [0.05, 0.1) is 0 Å². The van der Waals surface area contributed by atoms with E-state index in [2.05, 4.69) is 5.73 Å². The highest BCUT2D eigenvalue weighted by molar-refractivity contribution is 5.84. The highest BCUT2D eigenvalue weighted by Gasteiger charge is 2.34. The van der Waals surface area contributed by atoms with Crippen molar-refractivity contribution >= 4 is 5.84 Å². The van der Waals surface area contributed by atoms with E-state index < -0.39 is 24.0 Å². The fraction of sp³-hybridized carbons (Fsp3) is 0.222. The Kier molecular flexibility index (Phi) is 2.78. The molecule has 0 aliphatic rings. The summed E-state index contributed by atoms with van der Waals surface area (Å²) in [7, 11) is 0. The molecule has 1 aromatic rings. The maximum Gasteiger partial charge on any atom is 0.307 e. The van der Waals surface area contributed by atoms with Gasteiger partial charge in [-0.05, 0) is 11.6 Å². The maximum absolute atomic E-state index is 12.9. The Hall–Kier alpha value is -1.52. The molecule has 0 aromatic heterocycles. The summed E-state index contributed by atoms with van der Waals surface area (Å²) in [4.78, 5) is 0. The fourth-order valence-corrected chi connectivity index (χ4v) is 0.976. The standard InChI is InChI=1S/C9H9F3N2/c10-7-4-2-1-3-6(7)5-9(11,12)8(13)14/h1-4H,5H2,(H3,13,14). The molecule has 76 valence electrons. The molecular weight excluding hydrogens is 193 g/mol. The summed E-state index contributed by atoms with van der Waals surface area (Å²) in [6.45, 7) is 0. The minimum atomic E-state index is -3.48. The molecular formula is C9H9F3N2. The Bertz CT molecular complexity index is 350. The number of alkyl halides is 2. The van der Waals surface area contributed by atoms with Crippen molar-refractivity contribution in [2.75, 3.05) is 0 Å². The van der Waals surface area contributed by atoms with Crippen LogP contribution in [-0.2, 0) is 6.42 Å². The Morgan fingerprint density at radius 1 is 1.36 bits per heavy atom. The number of benzene rings is 1. The van der Waals surface area contributed by atoms with Crippen LogP contribution in [0.1, 0.15) is 5.56 Å². The topological polar surface area (TPSA) is 49.9 Å². The van der Waals surface area contributed by atoms with Gasteiger partial charge in [0.2, 0.25) is 0 Å². The van der Waals surface area contributed by atoms with E-state index in [0.717, 1.165) is 6.07 Å². The van der Waals surface area contributed by atoms with Crippen LogP contribution in [0.25, 0.3) is 0 Å². The summed E-state index contributed by atoms with van der Waals surface area (Å²) in [5.74, 6) is -5.45. The Morgan fingerprint density at radius 2 is 1.93 bits per heavy atom. The average Bonchev–Trinajstić information content (AvgIpc) is 2.08. The number of halogens is 3. The van der Waals surface area contributed by atoms with Crippen molar-refractivity contribution in [3.63, 3.8) is 0 Å². The molecule has 0 spiro atoms. The average molecular weight is 202 g/mol. The number of hydrogen-bond acceptors (Lipinski definition) is 1. The summed E-state index contributed by atoms with van der Waals surface area (Å²) >= 11 is 0. The molecule has 0 aliphatic carbocycles. The van der Waals surface area contributed by atoms with Gasteiger partial charge < -0.3 is 5.73 Å². The monoisotopic (exact) mass is 202 g/mol. The van der Waals surface area contributed by atoms with Crippen molar-refractivity contribution in [3.05, 3.63) is 35.6 Å². The third-order valence-electron chi connectivity index (χ3n) is 1.76. The lowest BCUT2D eigenvalue weighted by atomic mass is 10.1. The van der Waals surface area contributed by atoms with E-state index in [4.69, 9.17) is 5.41 Å². The van der Waals surface area contributed by atoms with Gasteiger partial charge in [-0.15, -0.1) is 0 Å². The normalized spacial score (nSPS) is 11.4. The van der Waals surface area contributed by atoms with Crippen LogP contribution in [-0.4, -0.2) is 11.8 Å². The van der Waals surface area contributed by atoms with Crippen LogP contribution in [0.4, 0.5) is 13.2 Å². The molecule has 2 nitrogen and oxygen atoms in total. The number of amidine groups is 1. The zero-order valence-corrected chi connectivity index (χ0v) is 7.23. The molecule has 0 unspecified atom stereocenters. The lowest BCUT2D eigenvalue weighted by molar-refractivity contribution is 0.0752. The van der Waals surface area contributed by atoms with Gasteiger partial charge in [-0.1, -0.05) is 18.2 Å². The summed E-state index contributed by atoms with van der Waals surface area (Å²) in [5.41, 5.74) is 4.53. The van der Waals surface area contributed by atoms with E-state index in [9.17, 15) is 13.2 Å². The molecule has 14 heavy (non-hydrogen) atoms. The first-order valence-electron chi connectivity index (χ1n) is 3.89. The van der Waals surface area contributed by atoms with Crippen molar-refractivity contribution in [1.29, 1.82) is 5.41 Å². The predicted octanol–water partition coefficient (Wildman–Crippen LogP) is 1.94.